The van der Waals surface area contributed by atoms with Gasteiger partial charge in [0.1, 0.15) is 18.0 Å². The third-order valence-electron chi connectivity index (χ3n) is 7.73. The highest BCUT2D eigenvalue weighted by Crippen LogP contribution is 2.42. The van der Waals surface area contributed by atoms with Gasteiger partial charge < -0.3 is 19.8 Å². The van der Waals surface area contributed by atoms with Crippen LogP contribution in [-0.4, -0.2) is 63.1 Å². The van der Waals surface area contributed by atoms with Crippen molar-refractivity contribution in [3.63, 3.8) is 0 Å². The van der Waals surface area contributed by atoms with E-state index in [1.165, 1.54) is 18.8 Å². The van der Waals surface area contributed by atoms with Crippen molar-refractivity contribution in [2.24, 2.45) is 0 Å². The fraction of sp³-hybridized carbons (Fsp3) is 0.577. The lowest BCUT2D eigenvalue weighted by atomic mass is 9.94. The second kappa shape index (κ2) is 10.3. The zero-order valence-corrected chi connectivity index (χ0v) is 20.9. The van der Waals surface area contributed by atoms with Gasteiger partial charge in [-0.15, -0.1) is 0 Å². The summed E-state index contributed by atoms with van der Waals surface area (Å²) in [5, 5.41) is 10.4. The number of amides is 2. The maximum absolute atomic E-state index is 14.1. The van der Waals surface area contributed by atoms with Crippen LogP contribution in [0.4, 0.5) is 15.0 Å². The van der Waals surface area contributed by atoms with Crippen LogP contribution in [0.2, 0.25) is 5.02 Å². The van der Waals surface area contributed by atoms with Crippen LogP contribution in [0.15, 0.2) is 24.5 Å². The van der Waals surface area contributed by atoms with Crippen LogP contribution in [0.3, 0.4) is 0 Å². The summed E-state index contributed by atoms with van der Waals surface area (Å²) in [4.78, 5) is 28.7. The quantitative estimate of drug-likeness (QED) is 0.646. The first-order chi connectivity index (χ1) is 16.9. The first-order valence-corrected chi connectivity index (χ1v) is 13.1. The molecular formula is C26H33ClFN5O2. The normalized spacial score (nSPS) is 22.9. The highest BCUT2D eigenvalue weighted by molar-refractivity contribution is 6.30. The number of benzene rings is 1. The molecule has 3 aliphatic rings. The zero-order valence-electron chi connectivity index (χ0n) is 20.2. The molecule has 0 bridgehead atoms. The Labute approximate surface area is 210 Å². The molecule has 0 radical (unpaired) electrons. The molecule has 188 valence electrons. The van der Waals surface area contributed by atoms with Gasteiger partial charge in [-0.1, -0.05) is 43.9 Å². The molecule has 1 saturated carbocycles. The van der Waals surface area contributed by atoms with Crippen LogP contribution in [-0.2, 0) is 6.54 Å². The number of rotatable bonds is 4. The summed E-state index contributed by atoms with van der Waals surface area (Å²) in [6.45, 7) is 5.01. The summed E-state index contributed by atoms with van der Waals surface area (Å²) in [6.07, 6.45) is 7.05. The fourth-order valence-electron chi connectivity index (χ4n) is 5.83. The topological polar surface area (TPSA) is 72.8 Å². The maximum atomic E-state index is 14.1. The summed E-state index contributed by atoms with van der Waals surface area (Å²) >= 11 is 5.88. The Bertz CT molecular complexity index is 1070. The van der Waals surface area contributed by atoms with E-state index in [9.17, 15) is 14.3 Å². The van der Waals surface area contributed by atoms with E-state index in [0.29, 0.717) is 39.1 Å². The average Bonchev–Trinajstić information content (AvgIpc) is 3.18. The highest BCUT2D eigenvalue weighted by Gasteiger charge is 2.35. The lowest BCUT2D eigenvalue weighted by molar-refractivity contribution is 0.113. The van der Waals surface area contributed by atoms with E-state index in [2.05, 4.69) is 21.8 Å². The number of hydrogen-bond donors (Lipinski definition) is 1. The van der Waals surface area contributed by atoms with Crippen molar-refractivity contribution in [1.29, 1.82) is 0 Å². The molecule has 2 atom stereocenters. The molecule has 2 aromatic rings. The first-order valence-electron chi connectivity index (χ1n) is 12.7. The van der Waals surface area contributed by atoms with Crippen molar-refractivity contribution < 1.29 is 14.3 Å². The van der Waals surface area contributed by atoms with Crippen molar-refractivity contribution in [1.82, 2.24) is 19.8 Å². The Kier molecular flexibility index (Phi) is 7.12. The minimum atomic E-state index is -0.536. The Balaban J connectivity index is 1.30. The molecular weight excluding hydrogens is 469 g/mol. The molecule has 35 heavy (non-hydrogen) atoms. The van der Waals surface area contributed by atoms with Crippen LogP contribution < -0.4 is 4.90 Å². The summed E-state index contributed by atoms with van der Waals surface area (Å²) < 4.78 is 14.1. The Hall–Kier alpha value is -2.45. The Morgan fingerprint density at radius 2 is 1.91 bits per heavy atom. The molecule has 2 aliphatic carbocycles. The van der Waals surface area contributed by atoms with Crippen molar-refractivity contribution in [3.05, 3.63) is 52.2 Å². The molecule has 9 heteroatoms. The van der Waals surface area contributed by atoms with Gasteiger partial charge in [-0.3, -0.25) is 0 Å². The summed E-state index contributed by atoms with van der Waals surface area (Å²) in [5.74, 6) is 0.634. The van der Waals surface area contributed by atoms with Gasteiger partial charge in [0.2, 0.25) is 0 Å². The summed E-state index contributed by atoms with van der Waals surface area (Å²) in [6, 6.07) is 4.99. The van der Waals surface area contributed by atoms with Crippen LogP contribution in [0.5, 0.6) is 0 Å². The molecule has 5 rings (SSSR count). The van der Waals surface area contributed by atoms with Crippen molar-refractivity contribution in [2.75, 3.05) is 31.1 Å². The third-order valence-corrected chi connectivity index (χ3v) is 8.03. The summed E-state index contributed by atoms with van der Waals surface area (Å²) in [7, 11) is 0. The van der Waals surface area contributed by atoms with Gasteiger partial charge in [-0.25, -0.2) is 19.2 Å². The average molecular weight is 502 g/mol. The van der Waals surface area contributed by atoms with Gasteiger partial charge >= 0.3 is 6.03 Å². The van der Waals surface area contributed by atoms with Crippen LogP contribution >= 0.6 is 11.6 Å². The number of halogens is 2. The SMILES string of the molecule is C[C@@H]1C[C@@H](O)c2ncnc(N3CCN(C(=O)N(Cc4ccc(Cl)c(F)c4)C4CCCCC4)CC3)c21. The van der Waals surface area contributed by atoms with Crippen molar-refractivity contribution in [2.45, 2.75) is 70.1 Å². The van der Waals surface area contributed by atoms with E-state index in [4.69, 9.17) is 11.6 Å². The van der Waals surface area contributed by atoms with E-state index < -0.39 is 11.9 Å². The van der Waals surface area contributed by atoms with Gasteiger partial charge in [0.25, 0.3) is 0 Å². The molecule has 7 nitrogen and oxygen atoms in total. The second-order valence-electron chi connectivity index (χ2n) is 10.1. The number of nitrogens with zero attached hydrogens (tertiary/aromatic N) is 5. The molecule has 1 aromatic carbocycles. The predicted molar refractivity (Wildman–Crippen MR) is 133 cm³/mol. The van der Waals surface area contributed by atoms with E-state index in [-0.39, 0.29) is 23.0 Å². The van der Waals surface area contributed by atoms with Crippen molar-refractivity contribution >= 4 is 23.4 Å². The molecule has 2 heterocycles. The number of fused-ring (bicyclic) bond motifs is 1. The van der Waals surface area contributed by atoms with Crippen LogP contribution in [0.1, 0.15) is 74.3 Å². The number of aliphatic hydroxyl groups excluding tert-OH is 1. The molecule has 1 N–H and O–H groups in total. The fourth-order valence-corrected chi connectivity index (χ4v) is 5.94. The highest BCUT2D eigenvalue weighted by atomic mass is 35.5. The van der Waals surface area contributed by atoms with Crippen LogP contribution in [0.25, 0.3) is 0 Å². The monoisotopic (exact) mass is 501 g/mol. The minimum Gasteiger partial charge on any atom is -0.387 e. The number of anilines is 1. The Morgan fingerprint density at radius 1 is 1.17 bits per heavy atom. The van der Waals surface area contributed by atoms with Gasteiger partial charge in [0.15, 0.2) is 0 Å². The van der Waals surface area contributed by atoms with Crippen LogP contribution in [0, 0.1) is 5.82 Å². The number of aromatic nitrogens is 2. The molecule has 1 aliphatic heterocycles. The van der Waals surface area contributed by atoms with E-state index >= 15 is 0 Å². The van der Waals surface area contributed by atoms with Gasteiger partial charge in [-0.05, 0) is 42.9 Å². The number of hydrogen-bond acceptors (Lipinski definition) is 5. The minimum absolute atomic E-state index is 0.0172. The number of carbonyl (C=O) groups excluding carboxylic acids is 1. The van der Waals surface area contributed by atoms with E-state index in [0.717, 1.165) is 48.3 Å². The third kappa shape index (κ3) is 4.96. The van der Waals surface area contributed by atoms with E-state index in [1.807, 2.05) is 9.80 Å². The smallest absolute Gasteiger partial charge is 0.320 e. The molecule has 1 aromatic heterocycles. The summed E-state index contributed by atoms with van der Waals surface area (Å²) in [5.41, 5.74) is 2.53. The molecule has 0 unspecified atom stereocenters. The Morgan fingerprint density at radius 3 is 2.63 bits per heavy atom. The predicted octanol–water partition coefficient (Wildman–Crippen LogP) is 4.89. The zero-order chi connectivity index (χ0) is 24.5. The maximum Gasteiger partial charge on any atom is 0.320 e. The van der Waals surface area contributed by atoms with Gasteiger partial charge in [-0.2, -0.15) is 0 Å². The van der Waals surface area contributed by atoms with Crippen molar-refractivity contribution in [3.8, 4) is 0 Å². The lowest BCUT2D eigenvalue weighted by Gasteiger charge is -2.41. The largest absolute Gasteiger partial charge is 0.387 e. The number of aliphatic hydroxyl groups is 1. The number of urea groups is 1. The number of carbonyl (C=O) groups is 1. The first kappa shape index (κ1) is 24.3. The van der Waals surface area contributed by atoms with Gasteiger partial charge in [0.05, 0.1) is 16.8 Å². The standard InChI is InChI=1S/C26H33ClFN5O2/c1-17-13-22(34)24-23(17)25(30-16-29-24)31-9-11-32(12-10-31)26(35)33(19-5-3-2-4-6-19)15-18-7-8-20(27)21(28)14-18/h7-8,14,16-17,19,22,34H,2-6,9-13,15H2,1H3/t17-,22-/m1/s1. The molecule has 0 spiro atoms. The number of piperazine rings is 1. The second-order valence-corrected chi connectivity index (χ2v) is 10.5. The molecule has 2 amide bonds. The molecule has 1 saturated heterocycles. The van der Waals surface area contributed by atoms with Gasteiger partial charge in [0, 0.05) is 44.3 Å². The molecule has 2 fully saturated rings. The lowest BCUT2D eigenvalue weighted by Crippen LogP contribution is -2.55. The van der Waals surface area contributed by atoms with E-state index in [1.54, 1.807) is 12.1 Å².